The molecule has 1 aromatic carbocycles. The molecule has 3 rings (SSSR count). The summed E-state index contributed by atoms with van der Waals surface area (Å²) >= 11 is 0. The quantitative estimate of drug-likeness (QED) is 0.829. The minimum Gasteiger partial charge on any atom is -0.337 e. The van der Waals surface area contributed by atoms with Gasteiger partial charge in [-0.2, -0.15) is 4.98 Å². The van der Waals surface area contributed by atoms with Crippen LogP contribution < -0.4 is 0 Å². The first-order valence-corrected chi connectivity index (χ1v) is 8.93. The van der Waals surface area contributed by atoms with Crippen molar-refractivity contribution in [3.05, 3.63) is 35.5 Å². The molecule has 0 spiro atoms. The van der Waals surface area contributed by atoms with Gasteiger partial charge >= 0.3 is 0 Å². The van der Waals surface area contributed by atoms with E-state index in [2.05, 4.69) is 41.0 Å². The minimum absolute atomic E-state index is 0.0804. The summed E-state index contributed by atoms with van der Waals surface area (Å²) < 4.78 is 19.2. The number of rotatable bonds is 5. The van der Waals surface area contributed by atoms with Crippen LogP contribution in [-0.4, -0.2) is 53.7 Å². The zero-order valence-electron chi connectivity index (χ0n) is 15.5. The van der Waals surface area contributed by atoms with Gasteiger partial charge in [0, 0.05) is 12.1 Å². The second-order valence-electron chi connectivity index (χ2n) is 7.34. The normalized spacial score (nSPS) is 18.0. The molecule has 0 aliphatic carbocycles. The Labute approximate surface area is 148 Å². The number of piperidine rings is 1. The zero-order chi connectivity index (χ0) is 18.0. The Balaban J connectivity index is 1.65. The first kappa shape index (κ1) is 18.0. The molecule has 1 atom stereocenters. The summed E-state index contributed by atoms with van der Waals surface area (Å²) in [5.74, 6) is 1.55. The fraction of sp³-hybridized carbons (Fsp3) is 0.579. The number of hydrogen-bond acceptors (Lipinski definition) is 5. The standard InChI is InChI=1S/C19H27FN4O/c1-13-5-6-16(11-17(13)20)18-21-19(25-22-18)14(2)24-9-7-15(8-10-24)12-23(3)4/h5-6,11,14-15H,7-10,12H2,1-4H3. The van der Waals surface area contributed by atoms with E-state index in [1.165, 1.54) is 18.9 Å². The van der Waals surface area contributed by atoms with Crippen LogP contribution in [0, 0.1) is 18.7 Å². The summed E-state index contributed by atoms with van der Waals surface area (Å²) in [6.07, 6.45) is 2.37. The van der Waals surface area contributed by atoms with Crippen molar-refractivity contribution in [3.8, 4) is 11.4 Å². The Morgan fingerprint density at radius 3 is 2.68 bits per heavy atom. The van der Waals surface area contributed by atoms with Crippen LogP contribution in [0.2, 0.25) is 0 Å². The van der Waals surface area contributed by atoms with Crippen LogP contribution in [0.3, 0.4) is 0 Å². The van der Waals surface area contributed by atoms with Gasteiger partial charge in [-0.05, 0) is 71.4 Å². The third-order valence-corrected chi connectivity index (χ3v) is 5.05. The SMILES string of the molecule is Cc1ccc(-c2noc(C(C)N3CCC(CN(C)C)CC3)n2)cc1F. The Morgan fingerprint density at radius 2 is 2.04 bits per heavy atom. The molecule has 25 heavy (non-hydrogen) atoms. The van der Waals surface area contributed by atoms with E-state index in [9.17, 15) is 4.39 Å². The molecule has 1 unspecified atom stereocenters. The first-order valence-electron chi connectivity index (χ1n) is 8.93. The number of benzene rings is 1. The average Bonchev–Trinajstić information content (AvgIpc) is 3.07. The molecular formula is C19H27FN4O. The largest absolute Gasteiger partial charge is 0.337 e. The van der Waals surface area contributed by atoms with Gasteiger partial charge in [0.1, 0.15) is 5.82 Å². The summed E-state index contributed by atoms with van der Waals surface area (Å²) in [6.45, 7) is 7.06. The summed E-state index contributed by atoms with van der Waals surface area (Å²) in [4.78, 5) is 9.15. The smallest absolute Gasteiger partial charge is 0.244 e. The molecule has 0 bridgehead atoms. The zero-order valence-corrected chi connectivity index (χ0v) is 15.5. The number of likely N-dealkylation sites (tertiary alicyclic amines) is 1. The number of aromatic nitrogens is 2. The van der Waals surface area contributed by atoms with Crippen LogP contribution in [0.15, 0.2) is 22.7 Å². The van der Waals surface area contributed by atoms with Crippen molar-refractivity contribution >= 4 is 0 Å². The van der Waals surface area contributed by atoms with E-state index in [0.717, 1.165) is 25.6 Å². The molecule has 1 saturated heterocycles. The molecule has 136 valence electrons. The van der Waals surface area contributed by atoms with E-state index < -0.39 is 0 Å². The molecule has 0 N–H and O–H groups in total. The van der Waals surface area contributed by atoms with Gasteiger partial charge in [0.05, 0.1) is 6.04 Å². The monoisotopic (exact) mass is 346 g/mol. The molecule has 5 nitrogen and oxygen atoms in total. The lowest BCUT2D eigenvalue weighted by molar-refractivity contribution is 0.109. The van der Waals surface area contributed by atoms with Gasteiger partial charge in [-0.25, -0.2) is 4.39 Å². The Hall–Kier alpha value is -1.79. The molecule has 6 heteroatoms. The second-order valence-corrected chi connectivity index (χ2v) is 7.34. The number of halogens is 1. The molecule has 0 radical (unpaired) electrons. The number of hydrogen-bond donors (Lipinski definition) is 0. The Bertz CT molecular complexity index is 707. The van der Waals surface area contributed by atoms with Crippen LogP contribution in [0.1, 0.15) is 37.3 Å². The van der Waals surface area contributed by atoms with Crippen molar-refractivity contribution in [2.45, 2.75) is 32.7 Å². The van der Waals surface area contributed by atoms with Gasteiger partial charge < -0.3 is 9.42 Å². The van der Waals surface area contributed by atoms with E-state index in [1.54, 1.807) is 13.0 Å². The van der Waals surface area contributed by atoms with E-state index >= 15 is 0 Å². The van der Waals surface area contributed by atoms with Crippen molar-refractivity contribution < 1.29 is 8.91 Å². The maximum absolute atomic E-state index is 13.8. The first-order chi connectivity index (χ1) is 11.9. The highest BCUT2D eigenvalue weighted by atomic mass is 19.1. The van der Waals surface area contributed by atoms with Crippen molar-refractivity contribution in [3.63, 3.8) is 0 Å². The van der Waals surface area contributed by atoms with Crippen LogP contribution >= 0.6 is 0 Å². The molecule has 1 aromatic heterocycles. The van der Waals surface area contributed by atoms with Gasteiger partial charge in [0.15, 0.2) is 0 Å². The minimum atomic E-state index is -0.250. The van der Waals surface area contributed by atoms with Crippen LogP contribution in [0.4, 0.5) is 4.39 Å². The van der Waals surface area contributed by atoms with E-state index in [4.69, 9.17) is 4.52 Å². The Kier molecular flexibility index (Phi) is 5.49. The van der Waals surface area contributed by atoms with Gasteiger partial charge in [0.25, 0.3) is 0 Å². The molecular weight excluding hydrogens is 319 g/mol. The number of nitrogens with zero attached hydrogens (tertiary/aromatic N) is 4. The lowest BCUT2D eigenvalue weighted by Gasteiger charge is -2.35. The highest BCUT2D eigenvalue weighted by Gasteiger charge is 2.27. The predicted octanol–water partition coefficient (Wildman–Crippen LogP) is 3.52. The van der Waals surface area contributed by atoms with E-state index in [-0.39, 0.29) is 11.9 Å². The summed E-state index contributed by atoms with van der Waals surface area (Å²) in [7, 11) is 4.26. The molecule has 0 saturated carbocycles. The van der Waals surface area contributed by atoms with Gasteiger partial charge in [-0.1, -0.05) is 17.3 Å². The van der Waals surface area contributed by atoms with Crippen LogP contribution in [0.25, 0.3) is 11.4 Å². The molecule has 2 heterocycles. The number of aryl methyl sites for hydroxylation is 1. The molecule has 1 aliphatic heterocycles. The summed E-state index contributed by atoms with van der Waals surface area (Å²) in [6, 6.07) is 5.10. The highest BCUT2D eigenvalue weighted by molar-refractivity contribution is 5.54. The molecule has 2 aromatic rings. The van der Waals surface area contributed by atoms with Crippen molar-refractivity contribution in [2.24, 2.45) is 5.92 Å². The molecule has 1 aliphatic rings. The third kappa shape index (κ3) is 4.25. The van der Waals surface area contributed by atoms with Gasteiger partial charge in [-0.15, -0.1) is 0 Å². The fourth-order valence-corrected chi connectivity index (χ4v) is 3.45. The topological polar surface area (TPSA) is 45.4 Å². The van der Waals surface area contributed by atoms with Crippen molar-refractivity contribution in [1.29, 1.82) is 0 Å². The molecule has 1 fully saturated rings. The lowest BCUT2D eigenvalue weighted by atomic mass is 9.95. The fourth-order valence-electron chi connectivity index (χ4n) is 3.45. The molecule has 0 amide bonds. The van der Waals surface area contributed by atoms with Gasteiger partial charge in [0.2, 0.25) is 11.7 Å². The van der Waals surface area contributed by atoms with Crippen molar-refractivity contribution in [2.75, 3.05) is 33.7 Å². The second kappa shape index (κ2) is 7.62. The Morgan fingerprint density at radius 1 is 1.32 bits per heavy atom. The van der Waals surface area contributed by atoms with Gasteiger partial charge in [-0.3, -0.25) is 4.90 Å². The summed E-state index contributed by atoms with van der Waals surface area (Å²) in [5, 5.41) is 4.04. The average molecular weight is 346 g/mol. The van der Waals surface area contributed by atoms with E-state index in [1.807, 2.05) is 6.07 Å². The maximum atomic E-state index is 13.8. The van der Waals surface area contributed by atoms with E-state index in [0.29, 0.717) is 22.8 Å². The summed E-state index contributed by atoms with van der Waals surface area (Å²) in [5.41, 5.74) is 1.26. The predicted molar refractivity (Wildman–Crippen MR) is 95.7 cm³/mol. The lowest BCUT2D eigenvalue weighted by Crippen LogP contribution is -2.38. The van der Waals surface area contributed by atoms with Crippen molar-refractivity contribution in [1.82, 2.24) is 19.9 Å². The van der Waals surface area contributed by atoms with Crippen LogP contribution in [0.5, 0.6) is 0 Å². The van der Waals surface area contributed by atoms with Crippen LogP contribution in [-0.2, 0) is 0 Å². The highest BCUT2D eigenvalue weighted by Crippen LogP contribution is 2.27. The third-order valence-electron chi connectivity index (χ3n) is 5.05. The maximum Gasteiger partial charge on any atom is 0.244 e.